The maximum atomic E-state index is 13.9. The quantitative estimate of drug-likeness (QED) is 0.491. The number of benzene rings is 1. The Bertz CT molecular complexity index is 1220. The zero-order valence-electron chi connectivity index (χ0n) is 20.0. The molecule has 1 saturated heterocycles. The molecule has 8 heteroatoms. The minimum atomic E-state index is -0.483. The Morgan fingerprint density at radius 1 is 1.23 bits per heavy atom. The molecule has 184 valence electrons. The van der Waals surface area contributed by atoms with Gasteiger partial charge in [-0.05, 0) is 75.2 Å². The normalized spacial score (nSPS) is 15.6. The number of hydrogen-bond donors (Lipinski definition) is 1. The fraction of sp³-hybridized carbons (Fsp3) is 0.370. The Morgan fingerprint density at radius 2 is 1.94 bits per heavy atom. The Balaban J connectivity index is 1.74. The van der Waals surface area contributed by atoms with E-state index >= 15 is 0 Å². The lowest BCUT2D eigenvalue weighted by molar-refractivity contribution is -0.149. The number of carbonyl (C=O) groups excluding carboxylic acids is 1. The number of aryl methyl sites for hydroxylation is 1. The molecular formula is C27H30ClN3O4. The standard InChI is InChI=1S/C27H30ClN3O4/c1-3-35-27(34)21-10-13-30(14-11-21)25(20-6-8-22(28)9-7-20)24-23(32)15-18(2)31(26(24)33)17-19-5-4-12-29-16-19/h4-9,12,15-16,21,25,32H,3,10-11,13-14,17H2,1-2H3. The molecule has 2 aromatic heterocycles. The van der Waals surface area contributed by atoms with Crippen molar-refractivity contribution in [2.24, 2.45) is 5.92 Å². The summed E-state index contributed by atoms with van der Waals surface area (Å²) in [6.45, 7) is 5.51. The van der Waals surface area contributed by atoms with Crippen LogP contribution in [0.2, 0.25) is 5.02 Å². The highest BCUT2D eigenvalue weighted by atomic mass is 35.5. The summed E-state index contributed by atoms with van der Waals surface area (Å²) in [5.41, 5.74) is 2.48. The number of pyridine rings is 2. The van der Waals surface area contributed by atoms with E-state index in [4.69, 9.17) is 16.3 Å². The molecular weight excluding hydrogens is 466 g/mol. The number of esters is 1. The van der Waals surface area contributed by atoms with E-state index in [0.717, 1.165) is 11.1 Å². The average molecular weight is 496 g/mol. The second-order valence-electron chi connectivity index (χ2n) is 8.85. The summed E-state index contributed by atoms with van der Waals surface area (Å²) in [5, 5.41) is 11.6. The number of halogens is 1. The predicted molar refractivity (Wildman–Crippen MR) is 135 cm³/mol. The molecule has 1 aliphatic heterocycles. The molecule has 4 rings (SSSR count). The van der Waals surface area contributed by atoms with Crippen molar-refractivity contribution in [1.82, 2.24) is 14.5 Å². The summed E-state index contributed by atoms with van der Waals surface area (Å²) in [7, 11) is 0. The molecule has 0 aliphatic carbocycles. The third-order valence-electron chi connectivity index (χ3n) is 6.56. The lowest BCUT2D eigenvalue weighted by atomic mass is 9.91. The predicted octanol–water partition coefficient (Wildman–Crippen LogP) is 4.32. The minimum absolute atomic E-state index is 0.0394. The maximum Gasteiger partial charge on any atom is 0.309 e. The van der Waals surface area contributed by atoms with Gasteiger partial charge in [-0.25, -0.2) is 0 Å². The molecule has 7 nitrogen and oxygen atoms in total. The summed E-state index contributed by atoms with van der Waals surface area (Å²) in [6.07, 6.45) is 4.67. The Labute approximate surface area is 209 Å². The van der Waals surface area contributed by atoms with Crippen molar-refractivity contribution in [3.63, 3.8) is 0 Å². The van der Waals surface area contributed by atoms with Crippen LogP contribution in [0.1, 0.15) is 48.2 Å². The second kappa shape index (κ2) is 11.1. The molecule has 0 bridgehead atoms. The summed E-state index contributed by atoms with van der Waals surface area (Å²) in [4.78, 5) is 32.4. The van der Waals surface area contributed by atoms with E-state index < -0.39 is 6.04 Å². The van der Waals surface area contributed by atoms with Gasteiger partial charge >= 0.3 is 5.97 Å². The van der Waals surface area contributed by atoms with E-state index in [1.807, 2.05) is 31.2 Å². The van der Waals surface area contributed by atoms with E-state index in [0.29, 0.717) is 55.4 Å². The summed E-state index contributed by atoms with van der Waals surface area (Å²) >= 11 is 6.14. The van der Waals surface area contributed by atoms with Crippen molar-refractivity contribution in [2.45, 2.75) is 39.3 Å². The van der Waals surface area contributed by atoms with Crippen LogP contribution in [0.5, 0.6) is 5.75 Å². The van der Waals surface area contributed by atoms with Crippen LogP contribution in [0.4, 0.5) is 0 Å². The van der Waals surface area contributed by atoms with Crippen LogP contribution >= 0.6 is 11.6 Å². The highest BCUT2D eigenvalue weighted by Gasteiger charge is 2.34. The van der Waals surface area contributed by atoms with Gasteiger partial charge in [-0.1, -0.05) is 29.8 Å². The van der Waals surface area contributed by atoms with Crippen LogP contribution in [0.3, 0.4) is 0 Å². The van der Waals surface area contributed by atoms with Crippen LogP contribution < -0.4 is 5.56 Å². The van der Waals surface area contributed by atoms with Gasteiger partial charge in [0.15, 0.2) is 0 Å². The Kier molecular flexibility index (Phi) is 7.88. The summed E-state index contributed by atoms with van der Waals surface area (Å²) in [6, 6.07) is 12.3. The summed E-state index contributed by atoms with van der Waals surface area (Å²) < 4.78 is 6.88. The number of likely N-dealkylation sites (tertiary alicyclic amines) is 1. The highest BCUT2D eigenvalue weighted by Crippen LogP contribution is 2.36. The molecule has 3 aromatic rings. The van der Waals surface area contributed by atoms with Gasteiger partial charge in [0.2, 0.25) is 0 Å². The molecule has 1 fully saturated rings. The average Bonchev–Trinajstić information content (AvgIpc) is 2.86. The lowest BCUT2D eigenvalue weighted by Gasteiger charge is -2.37. The molecule has 35 heavy (non-hydrogen) atoms. The Hall–Kier alpha value is -3.16. The second-order valence-corrected chi connectivity index (χ2v) is 9.29. The number of rotatable bonds is 7. The first kappa shape index (κ1) is 24.9. The molecule has 3 heterocycles. The molecule has 0 radical (unpaired) electrons. The van der Waals surface area contributed by atoms with Crippen molar-refractivity contribution in [2.75, 3.05) is 19.7 Å². The van der Waals surface area contributed by atoms with Crippen molar-refractivity contribution in [3.8, 4) is 5.75 Å². The fourth-order valence-electron chi connectivity index (χ4n) is 4.76. The molecule has 1 unspecified atom stereocenters. The van der Waals surface area contributed by atoms with Gasteiger partial charge in [0.05, 0.1) is 30.7 Å². The first-order valence-corrected chi connectivity index (χ1v) is 12.2. The number of nitrogens with zero attached hydrogens (tertiary/aromatic N) is 3. The van der Waals surface area contributed by atoms with Gasteiger partial charge in [0.1, 0.15) is 5.75 Å². The van der Waals surface area contributed by atoms with Gasteiger partial charge in [0, 0.05) is 23.1 Å². The third-order valence-corrected chi connectivity index (χ3v) is 6.81. The van der Waals surface area contributed by atoms with Gasteiger partial charge in [-0.15, -0.1) is 0 Å². The van der Waals surface area contributed by atoms with Crippen LogP contribution in [0, 0.1) is 12.8 Å². The largest absolute Gasteiger partial charge is 0.507 e. The molecule has 0 spiro atoms. The zero-order valence-corrected chi connectivity index (χ0v) is 20.7. The number of aromatic nitrogens is 2. The van der Waals surface area contributed by atoms with Crippen LogP contribution in [-0.4, -0.2) is 45.2 Å². The molecule has 0 saturated carbocycles. The highest BCUT2D eigenvalue weighted by molar-refractivity contribution is 6.30. The number of hydrogen-bond acceptors (Lipinski definition) is 6. The third kappa shape index (κ3) is 5.57. The molecule has 0 amide bonds. The molecule has 1 aromatic carbocycles. The number of aromatic hydroxyl groups is 1. The van der Waals surface area contributed by atoms with E-state index in [-0.39, 0.29) is 23.2 Å². The van der Waals surface area contributed by atoms with Crippen molar-refractivity contribution >= 4 is 17.6 Å². The number of piperidine rings is 1. The molecule has 1 aliphatic rings. The van der Waals surface area contributed by atoms with E-state index in [2.05, 4.69) is 9.88 Å². The van der Waals surface area contributed by atoms with E-state index in [1.54, 1.807) is 42.1 Å². The number of carbonyl (C=O) groups is 1. The van der Waals surface area contributed by atoms with Gasteiger partial charge in [0.25, 0.3) is 5.56 Å². The summed E-state index contributed by atoms with van der Waals surface area (Å²) in [5.74, 6) is -0.375. The topological polar surface area (TPSA) is 84.7 Å². The molecule has 1 atom stereocenters. The minimum Gasteiger partial charge on any atom is -0.507 e. The van der Waals surface area contributed by atoms with Crippen LogP contribution in [-0.2, 0) is 16.1 Å². The van der Waals surface area contributed by atoms with Gasteiger partial charge in [-0.3, -0.25) is 19.5 Å². The smallest absolute Gasteiger partial charge is 0.309 e. The zero-order chi connectivity index (χ0) is 24.9. The maximum absolute atomic E-state index is 13.9. The Morgan fingerprint density at radius 3 is 2.57 bits per heavy atom. The first-order valence-electron chi connectivity index (χ1n) is 11.9. The lowest BCUT2D eigenvalue weighted by Crippen LogP contribution is -2.42. The van der Waals surface area contributed by atoms with E-state index in [1.165, 1.54) is 0 Å². The van der Waals surface area contributed by atoms with E-state index in [9.17, 15) is 14.7 Å². The van der Waals surface area contributed by atoms with Crippen LogP contribution in [0.15, 0.2) is 59.7 Å². The SMILES string of the molecule is CCOC(=O)C1CCN(C(c2ccc(Cl)cc2)c2c(O)cc(C)n(Cc3cccnc3)c2=O)CC1. The first-order chi connectivity index (χ1) is 16.9. The monoisotopic (exact) mass is 495 g/mol. The number of ether oxygens (including phenoxy) is 1. The molecule has 1 N–H and O–H groups in total. The van der Waals surface area contributed by atoms with Crippen molar-refractivity contribution < 1.29 is 14.6 Å². The fourth-order valence-corrected chi connectivity index (χ4v) is 4.88. The van der Waals surface area contributed by atoms with Crippen molar-refractivity contribution in [3.05, 3.63) is 92.6 Å². The van der Waals surface area contributed by atoms with Crippen LogP contribution in [0.25, 0.3) is 0 Å². The van der Waals surface area contributed by atoms with Gasteiger partial charge in [-0.2, -0.15) is 0 Å². The van der Waals surface area contributed by atoms with Gasteiger partial charge < -0.3 is 14.4 Å². The van der Waals surface area contributed by atoms with Crippen molar-refractivity contribution in [1.29, 1.82) is 0 Å².